The van der Waals surface area contributed by atoms with E-state index in [1.165, 1.54) is 0 Å². The maximum Gasteiger partial charge on any atom is 0.109 e. The van der Waals surface area contributed by atoms with E-state index in [-0.39, 0.29) is 5.50 Å². The Hall–Kier alpha value is 0.690. The lowest BCUT2D eigenvalue weighted by Gasteiger charge is -2.05. The van der Waals surface area contributed by atoms with Gasteiger partial charge in [0.05, 0.1) is 4.83 Å². The van der Waals surface area contributed by atoms with Crippen molar-refractivity contribution in [2.45, 2.75) is 23.3 Å². The first-order valence-electron chi connectivity index (χ1n) is 2.51. The molecule has 3 atom stereocenters. The normalized spacial score (nSPS) is 47.6. The van der Waals surface area contributed by atoms with Crippen molar-refractivity contribution >= 4 is 27.5 Å². The number of nitrogens with one attached hydrogen (secondary N) is 2. The first-order valence-corrected chi connectivity index (χ1v) is 3.86. The van der Waals surface area contributed by atoms with Gasteiger partial charge >= 0.3 is 0 Å². The smallest absolute Gasteiger partial charge is 0.109 e. The maximum absolute atomic E-state index is 5.74. The highest BCUT2D eigenvalue weighted by atomic mass is 79.9. The largest absolute Gasteiger partial charge is 0.252 e. The van der Waals surface area contributed by atoms with E-state index in [9.17, 15) is 0 Å². The Balaban J connectivity index is 2.44. The van der Waals surface area contributed by atoms with E-state index >= 15 is 0 Å². The number of alkyl halides is 2. The third kappa shape index (κ3) is 1.16. The third-order valence-corrected chi connectivity index (χ3v) is 3.21. The fourth-order valence-corrected chi connectivity index (χ4v) is 1.17. The van der Waals surface area contributed by atoms with Crippen molar-refractivity contribution in [3.63, 3.8) is 0 Å². The summed E-state index contributed by atoms with van der Waals surface area (Å²) in [5.74, 6) is 0. The van der Waals surface area contributed by atoms with Crippen molar-refractivity contribution in [1.29, 1.82) is 0 Å². The molecule has 0 aromatic heterocycles. The molecule has 0 radical (unpaired) electrons. The molecule has 1 fully saturated rings. The second-order valence-corrected chi connectivity index (χ2v) is 3.45. The van der Waals surface area contributed by atoms with Crippen LogP contribution in [-0.2, 0) is 0 Å². The van der Waals surface area contributed by atoms with Crippen LogP contribution >= 0.6 is 27.5 Å². The summed E-state index contributed by atoms with van der Waals surface area (Å²) in [6, 6.07) is 0.414. The molecule has 0 aromatic carbocycles. The van der Waals surface area contributed by atoms with E-state index in [0.717, 1.165) is 0 Å². The predicted molar refractivity (Wildman–Crippen MR) is 38.1 cm³/mol. The number of hydrazine groups is 1. The molecule has 2 N–H and O–H groups in total. The summed E-state index contributed by atoms with van der Waals surface area (Å²) in [5.41, 5.74) is 5.90. The zero-order valence-electron chi connectivity index (χ0n) is 4.49. The average molecular weight is 199 g/mol. The lowest BCUT2D eigenvalue weighted by molar-refractivity contribution is 0.591. The van der Waals surface area contributed by atoms with Crippen molar-refractivity contribution in [2.75, 3.05) is 0 Å². The molecule has 0 aromatic rings. The number of hydrogen-bond acceptors (Lipinski definition) is 2. The van der Waals surface area contributed by atoms with Crippen LogP contribution in [0.15, 0.2) is 0 Å². The van der Waals surface area contributed by atoms with E-state index in [0.29, 0.717) is 10.9 Å². The summed E-state index contributed by atoms with van der Waals surface area (Å²) in [6.07, 6.45) is 0. The van der Waals surface area contributed by atoms with Crippen LogP contribution < -0.4 is 10.9 Å². The highest BCUT2D eigenvalue weighted by Gasteiger charge is 2.28. The quantitative estimate of drug-likeness (QED) is 0.446. The fourth-order valence-electron chi connectivity index (χ4n) is 0.624. The van der Waals surface area contributed by atoms with Gasteiger partial charge in [0, 0.05) is 6.04 Å². The Kier molecular flexibility index (Phi) is 2.14. The van der Waals surface area contributed by atoms with Crippen LogP contribution in [0.25, 0.3) is 0 Å². The number of hydrogen-bond donors (Lipinski definition) is 2. The van der Waals surface area contributed by atoms with Gasteiger partial charge in [-0.3, -0.25) is 5.43 Å². The van der Waals surface area contributed by atoms with Crippen LogP contribution in [0.1, 0.15) is 6.92 Å². The molecule has 4 heteroatoms. The molecule has 2 nitrogen and oxygen atoms in total. The predicted octanol–water partition coefficient (Wildman–Crippen LogP) is 0.811. The minimum atomic E-state index is 0.0185. The van der Waals surface area contributed by atoms with Crippen LogP contribution in [0, 0.1) is 0 Å². The summed E-state index contributed by atoms with van der Waals surface area (Å²) in [7, 11) is 0. The second kappa shape index (κ2) is 2.52. The van der Waals surface area contributed by atoms with Crippen molar-refractivity contribution in [2.24, 2.45) is 0 Å². The highest BCUT2D eigenvalue weighted by Crippen LogP contribution is 2.17. The summed E-state index contributed by atoms with van der Waals surface area (Å²) >= 11 is 9.15. The van der Waals surface area contributed by atoms with Crippen molar-refractivity contribution in [1.82, 2.24) is 10.9 Å². The summed E-state index contributed by atoms with van der Waals surface area (Å²) in [4.78, 5) is 0.337. The topological polar surface area (TPSA) is 24.1 Å². The van der Waals surface area contributed by atoms with Gasteiger partial charge in [0.1, 0.15) is 5.50 Å². The molecule has 1 saturated heterocycles. The fraction of sp³-hybridized carbons (Fsp3) is 1.00. The summed E-state index contributed by atoms with van der Waals surface area (Å²) in [5, 5.41) is 0. The van der Waals surface area contributed by atoms with Crippen LogP contribution in [-0.4, -0.2) is 16.4 Å². The Morgan fingerprint density at radius 1 is 1.50 bits per heavy atom. The molecular weight excluding hydrogens is 191 g/mol. The third-order valence-electron chi connectivity index (χ3n) is 1.21. The van der Waals surface area contributed by atoms with Crippen LogP contribution in [0.5, 0.6) is 0 Å². The molecular formula is C4H8BrClN2. The first kappa shape index (κ1) is 6.81. The van der Waals surface area contributed by atoms with Gasteiger partial charge in [0.25, 0.3) is 0 Å². The van der Waals surface area contributed by atoms with Crippen molar-refractivity contribution < 1.29 is 0 Å². The van der Waals surface area contributed by atoms with Crippen molar-refractivity contribution in [3.05, 3.63) is 0 Å². The van der Waals surface area contributed by atoms with E-state index in [4.69, 9.17) is 11.6 Å². The monoisotopic (exact) mass is 198 g/mol. The first-order chi connectivity index (χ1) is 3.72. The molecule has 1 aliphatic heterocycles. The van der Waals surface area contributed by atoms with Gasteiger partial charge in [0.2, 0.25) is 0 Å². The SMILES string of the molecule is CC1NNC(Cl)C1Br. The van der Waals surface area contributed by atoms with E-state index < -0.39 is 0 Å². The van der Waals surface area contributed by atoms with E-state index in [2.05, 4.69) is 33.7 Å². The molecule has 3 unspecified atom stereocenters. The van der Waals surface area contributed by atoms with Crippen LogP contribution in [0.3, 0.4) is 0 Å². The van der Waals surface area contributed by atoms with E-state index in [1.54, 1.807) is 0 Å². The minimum Gasteiger partial charge on any atom is -0.252 e. The van der Waals surface area contributed by atoms with Gasteiger partial charge in [-0.25, -0.2) is 5.43 Å². The molecule has 0 amide bonds. The lowest BCUT2D eigenvalue weighted by atomic mass is 10.3. The maximum atomic E-state index is 5.74. The molecule has 1 heterocycles. The summed E-state index contributed by atoms with van der Waals surface area (Å²) in [6.45, 7) is 2.06. The zero-order chi connectivity index (χ0) is 6.15. The van der Waals surface area contributed by atoms with Gasteiger partial charge in [-0.1, -0.05) is 15.9 Å². The Bertz CT molecular complexity index is 80.1. The minimum absolute atomic E-state index is 0.0185. The molecule has 0 saturated carbocycles. The molecule has 1 rings (SSSR count). The lowest BCUT2D eigenvalue weighted by Crippen LogP contribution is -2.29. The Morgan fingerprint density at radius 2 is 2.12 bits per heavy atom. The molecule has 0 spiro atoms. The molecule has 0 aliphatic carbocycles. The van der Waals surface area contributed by atoms with E-state index in [1.807, 2.05) is 0 Å². The zero-order valence-corrected chi connectivity index (χ0v) is 6.83. The number of rotatable bonds is 0. The van der Waals surface area contributed by atoms with Gasteiger partial charge in [-0.05, 0) is 6.92 Å². The van der Waals surface area contributed by atoms with Crippen LogP contribution in [0.2, 0.25) is 0 Å². The van der Waals surface area contributed by atoms with Gasteiger partial charge in [-0.15, -0.1) is 11.6 Å². The molecule has 8 heavy (non-hydrogen) atoms. The van der Waals surface area contributed by atoms with Gasteiger partial charge < -0.3 is 0 Å². The Labute approximate surface area is 62.1 Å². The molecule has 1 aliphatic rings. The van der Waals surface area contributed by atoms with Gasteiger partial charge in [0.15, 0.2) is 0 Å². The standard InChI is InChI=1S/C4H8BrClN2/c1-2-3(5)4(6)8-7-2/h2-4,7-8H,1H3. The highest BCUT2D eigenvalue weighted by molar-refractivity contribution is 9.09. The molecule has 0 bridgehead atoms. The number of halogens is 2. The molecule has 48 valence electrons. The van der Waals surface area contributed by atoms with Crippen molar-refractivity contribution in [3.8, 4) is 0 Å². The van der Waals surface area contributed by atoms with Crippen LogP contribution in [0.4, 0.5) is 0 Å². The average Bonchev–Trinajstić information content (AvgIpc) is 1.98. The summed E-state index contributed by atoms with van der Waals surface area (Å²) < 4.78 is 0. The Morgan fingerprint density at radius 3 is 2.25 bits per heavy atom. The van der Waals surface area contributed by atoms with Gasteiger partial charge in [-0.2, -0.15) is 0 Å². The second-order valence-electron chi connectivity index (χ2n) is 1.92.